The van der Waals surface area contributed by atoms with Gasteiger partial charge in [0.2, 0.25) is 5.91 Å². The van der Waals surface area contributed by atoms with Crippen LogP contribution in [0.5, 0.6) is 0 Å². The first-order valence-electron chi connectivity index (χ1n) is 4.76. The highest BCUT2D eigenvalue weighted by Gasteiger charge is 2.45. The molecule has 1 saturated carbocycles. The van der Waals surface area contributed by atoms with Crippen LogP contribution in [0.15, 0.2) is 0 Å². The number of halogens is 2. The quantitative estimate of drug-likeness (QED) is 0.632. The second-order valence-corrected chi connectivity index (χ2v) is 3.75. The van der Waals surface area contributed by atoms with Crippen LogP contribution in [0.4, 0.5) is 8.78 Å². The molecule has 1 fully saturated rings. The van der Waals surface area contributed by atoms with Crippen LogP contribution in [0.1, 0.15) is 32.6 Å². The van der Waals surface area contributed by atoms with Crippen molar-refractivity contribution in [2.75, 3.05) is 0 Å². The summed E-state index contributed by atoms with van der Waals surface area (Å²) in [6, 6.07) is -1.43. The maximum Gasteiger partial charge on any atom is 0.270 e. The molecular formula is C9H15F2NO2. The smallest absolute Gasteiger partial charge is 0.270 e. The summed E-state index contributed by atoms with van der Waals surface area (Å²) >= 11 is 0. The Morgan fingerprint density at radius 1 is 1.50 bits per heavy atom. The fourth-order valence-corrected chi connectivity index (χ4v) is 1.74. The van der Waals surface area contributed by atoms with E-state index in [0.29, 0.717) is 19.3 Å². The van der Waals surface area contributed by atoms with Crippen molar-refractivity contribution in [3.8, 4) is 0 Å². The summed E-state index contributed by atoms with van der Waals surface area (Å²) in [5, 5.41) is 11.6. The van der Waals surface area contributed by atoms with Gasteiger partial charge in [0, 0.05) is 13.3 Å². The van der Waals surface area contributed by atoms with Crippen molar-refractivity contribution in [1.29, 1.82) is 0 Å². The number of alkyl halides is 2. The van der Waals surface area contributed by atoms with E-state index in [-0.39, 0.29) is 6.42 Å². The molecule has 0 aromatic carbocycles. The molecule has 0 heterocycles. The minimum atomic E-state index is -3.00. The molecule has 0 bridgehead atoms. The van der Waals surface area contributed by atoms with Gasteiger partial charge in [0.1, 0.15) is 6.04 Å². The van der Waals surface area contributed by atoms with E-state index in [0.717, 1.165) is 0 Å². The maximum absolute atomic E-state index is 13.4. The Bertz CT molecular complexity index is 221. The van der Waals surface area contributed by atoms with Crippen LogP contribution in [-0.2, 0) is 4.79 Å². The van der Waals surface area contributed by atoms with Crippen LogP contribution < -0.4 is 5.32 Å². The fraction of sp³-hybridized carbons (Fsp3) is 0.889. The lowest BCUT2D eigenvalue weighted by Gasteiger charge is -2.28. The van der Waals surface area contributed by atoms with Crippen molar-refractivity contribution in [1.82, 2.24) is 5.32 Å². The molecule has 1 aliphatic rings. The molecule has 0 saturated heterocycles. The molecule has 0 aliphatic heterocycles. The van der Waals surface area contributed by atoms with Gasteiger partial charge in [0.05, 0.1) is 6.10 Å². The molecule has 1 amide bonds. The van der Waals surface area contributed by atoms with Crippen molar-refractivity contribution in [2.45, 2.75) is 50.7 Å². The Morgan fingerprint density at radius 3 is 2.71 bits per heavy atom. The van der Waals surface area contributed by atoms with E-state index in [4.69, 9.17) is 0 Å². The van der Waals surface area contributed by atoms with Gasteiger partial charge in [0.25, 0.3) is 5.92 Å². The number of carbonyl (C=O) groups excluding carboxylic acids is 1. The van der Waals surface area contributed by atoms with Crippen LogP contribution in [0, 0.1) is 0 Å². The van der Waals surface area contributed by atoms with Gasteiger partial charge in [0.15, 0.2) is 0 Å². The molecule has 1 aliphatic carbocycles. The Morgan fingerprint density at radius 2 is 2.14 bits per heavy atom. The predicted molar refractivity (Wildman–Crippen MR) is 47.0 cm³/mol. The molecule has 1 rings (SSSR count). The van der Waals surface area contributed by atoms with Crippen molar-refractivity contribution >= 4 is 5.91 Å². The van der Waals surface area contributed by atoms with Gasteiger partial charge in [-0.2, -0.15) is 0 Å². The zero-order valence-corrected chi connectivity index (χ0v) is 8.09. The Labute approximate surface area is 81.5 Å². The molecule has 0 spiro atoms. The predicted octanol–water partition coefficient (Wildman–Crippen LogP) is 1.06. The monoisotopic (exact) mass is 207 g/mol. The number of hydrogen-bond acceptors (Lipinski definition) is 2. The van der Waals surface area contributed by atoms with E-state index in [1.54, 1.807) is 0 Å². The summed E-state index contributed by atoms with van der Waals surface area (Å²) in [5.41, 5.74) is 0. The van der Waals surface area contributed by atoms with Crippen molar-refractivity contribution in [2.24, 2.45) is 0 Å². The molecule has 0 unspecified atom stereocenters. The van der Waals surface area contributed by atoms with Crippen LogP contribution in [0.2, 0.25) is 0 Å². The van der Waals surface area contributed by atoms with Crippen molar-refractivity contribution < 1.29 is 18.7 Å². The number of rotatable bonds is 1. The van der Waals surface area contributed by atoms with E-state index in [2.05, 4.69) is 5.32 Å². The Balaban J connectivity index is 2.75. The highest BCUT2D eigenvalue weighted by atomic mass is 19.3. The van der Waals surface area contributed by atoms with Gasteiger partial charge in [-0.3, -0.25) is 4.79 Å². The molecule has 2 atom stereocenters. The molecule has 3 nitrogen and oxygen atoms in total. The SMILES string of the molecule is CC(=O)N[C@H]1[C@H](O)CCCCC1(F)F. The lowest BCUT2D eigenvalue weighted by atomic mass is 10.0. The van der Waals surface area contributed by atoms with Gasteiger partial charge >= 0.3 is 0 Å². The van der Waals surface area contributed by atoms with Gasteiger partial charge in [-0.05, 0) is 12.8 Å². The third-order valence-electron chi connectivity index (χ3n) is 2.46. The molecule has 0 aromatic rings. The summed E-state index contributed by atoms with van der Waals surface area (Å²) in [6.07, 6.45) is -0.126. The first-order valence-corrected chi connectivity index (χ1v) is 4.76. The number of hydrogen-bond donors (Lipinski definition) is 2. The summed E-state index contributed by atoms with van der Waals surface area (Å²) in [7, 11) is 0. The fourth-order valence-electron chi connectivity index (χ4n) is 1.74. The van der Waals surface area contributed by atoms with E-state index in [1.165, 1.54) is 6.92 Å². The minimum Gasteiger partial charge on any atom is -0.391 e. The molecule has 82 valence electrons. The second-order valence-electron chi connectivity index (χ2n) is 3.75. The van der Waals surface area contributed by atoms with Gasteiger partial charge in [-0.15, -0.1) is 0 Å². The van der Waals surface area contributed by atoms with Crippen LogP contribution in [-0.4, -0.2) is 29.1 Å². The molecule has 5 heteroatoms. The van der Waals surface area contributed by atoms with Crippen LogP contribution in [0.3, 0.4) is 0 Å². The van der Waals surface area contributed by atoms with E-state index in [9.17, 15) is 18.7 Å². The third-order valence-corrected chi connectivity index (χ3v) is 2.46. The molecule has 0 aromatic heterocycles. The Kier molecular flexibility index (Phi) is 3.42. The topological polar surface area (TPSA) is 49.3 Å². The molecule has 2 N–H and O–H groups in total. The minimum absolute atomic E-state index is 0.269. The van der Waals surface area contributed by atoms with Gasteiger partial charge in [-0.1, -0.05) is 6.42 Å². The van der Waals surface area contributed by atoms with Crippen molar-refractivity contribution in [3.05, 3.63) is 0 Å². The number of aliphatic hydroxyl groups is 1. The second kappa shape index (κ2) is 4.21. The summed E-state index contributed by atoms with van der Waals surface area (Å²) in [4.78, 5) is 10.7. The van der Waals surface area contributed by atoms with Crippen LogP contribution >= 0.6 is 0 Å². The van der Waals surface area contributed by atoms with E-state index >= 15 is 0 Å². The first kappa shape index (κ1) is 11.4. The average Bonchev–Trinajstić information content (AvgIpc) is 2.16. The van der Waals surface area contributed by atoms with Crippen molar-refractivity contribution in [3.63, 3.8) is 0 Å². The highest BCUT2D eigenvalue weighted by molar-refractivity contribution is 5.73. The lowest BCUT2D eigenvalue weighted by molar-refractivity contribution is -0.128. The van der Waals surface area contributed by atoms with E-state index < -0.39 is 24.0 Å². The number of carbonyl (C=O) groups is 1. The van der Waals surface area contributed by atoms with Gasteiger partial charge < -0.3 is 10.4 Å². The molecule has 0 radical (unpaired) electrons. The normalized spacial score (nSPS) is 32.0. The average molecular weight is 207 g/mol. The number of aliphatic hydroxyl groups excluding tert-OH is 1. The standard InChI is InChI=1S/C9H15F2NO2/c1-6(13)12-8-7(14)4-2-3-5-9(8,10)11/h7-8,14H,2-5H2,1H3,(H,12,13)/t7-,8+/m1/s1. The summed E-state index contributed by atoms with van der Waals surface area (Å²) in [5.74, 6) is -3.53. The van der Waals surface area contributed by atoms with Gasteiger partial charge in [-0.25, -0.2) is 8.78 Å². The Hall–Kier alpha value is -0.710. The summed E-state index contributed by atoms with van der Waals surface area (Å²) < 4.78 is 26.7. The van der Waals surface area contributed by atoms with E-state index in [1.807, 2.05) is 0 Å². The van der Waals surface area contributed by atoms with Crippen LogP contribution in [0.25, 0.3) is 0 Å². The largest absolute Gasteiger partial charge is 0.391 e. The third kappa shape index (κ3) is 2.64. The zero-order chi connectivity index (χ0) is 10.8. The number of amides is 1. The highest BCUT2D eigenvalue weighted by Crippen LogP contribution is 2.32. The molecular weight excluding hydrogens is 192 g/mol. The number of nitrogens with one attached hydrogen (secondary N) is 1. The summed E-state index contributed by atoms with van der Waals surface area (Å²) in [6.45, 7) is 1.17. The zero-order valence-electron chi connectivity index (χ0n) is 8.09. The maximum atomic E-state index is 13.4. The first-order chi connectivity index (χ1) is 6.43. The molecule has 14 heavy (non-hydrogen) atoms. The lowest BCUT2D eigenvalue weighted by Crippen LogP contribution is -2.53.